The lowest BCUT2D eigenvalue weighted by molar-refractivity contribution is -0.927. The van der Waals surface area contributed by atoms with E-state index < -0.39 is 0 Å². The molecule has 5 atom stereocenters. The zero-order valence-corrected chi connectivity index (χ0v) is 16.2. The Hall–Kier alpha value is -0.320. The summed E-state index contributed by atoms with van der Waals surface area (Å²) in [7, 11) is 0. The van der Waals surface area contributed by atoms with Crippen molar-refractivity contribution in [2.45, 2.75) is 30.5 Å². The number of rotatable bonds is 16. The summed E-state index contributed by atoms with van der Waals surface area (Å²) < 4.78 is 28.6. The predicted octanol–water partition coefficient (Wildman–Crippen LogP) is -1.31. The Balaban J connectivity index is 1.17. The van der Waals surface area contributed by atoms with Crippen LogP contribution in [0.4, 0.5) is 0 Å². The highest BCUT2D eigenvalue weighted by Gasteiger charge is 2.42. The van der Waals surface area contributed by atoms with Gasteiger partial charge in [0.25, 0.3) is 0 Å². The molecule has 5 unspecified atom stereocenters. The van der Waals surface area contributed by atoms with Crippen molar-refractivity contribution >= 4 is 0 Å². The molecule has 5 heterocycles. The Bertz CT molecular complexity index is 462. The third-order valence-corrected chi connectivity index (χ3v) is 6.14. The number of nitrogens with zero attached hydrogens (tertiary/aromatic N) is 2. The molecule has 0 radical (unpaired) electrons. The highest BCUT2D eigenvalue weighted by molar-refractivity contribution is 4.81. The molecule has 0 aromatic heterocycles. The van der Waals surface area contributed by atoms with Gasteiger partial charge in [0.1, 0.15) is 25.3 Å². The molecule has 0 saturated carbocycles. The fraction of sp³-hybridized carbons (Fsp3) is 1.00. The minimum Gasteiger partial charge on any atom is -0.372 e. The van der Waals surface area contributed by atoms with Crippen LogP contribution in [0.5, 0.6) is 0 Å². The highest BCUT2D eigenvalue weighted by Crippen LogP contribution is 2.24. The summed E-state index contributed by atoms with van der Waals surface area (Å²) in [5, 5.41) is 3.59. The highest BCUT2D eigenvalue weighted by atomic mass is 16.6. The van der Waals surface area contributed by atoms with Gasteiger partial charge in [0, 0.05) is 32.7 Å². The van der Waals surface area contributed by atoms with Crippen molar-refractivity contribution in [3.8, 4) is 0 Å². The topological polar surface area (TPSA) is 77.9 Å². The lowest BCUT2D eigenvalue weighted by Gasteiger charge is -2.39. The van der Waals surface area contributed by atoms with Crippen LogP contribution in [0.1, 0.15) is 0 Å². The lowest BCUT2D eigenvalue weighted by Crippen LogP contribution is -2.58. The van der Waals surface area contributed by atoms with Crippen molar-refractivity contribution < 1.29 is 28.2 Å². The van der Waals surface area contributed by atoms with Gasteiger partial charge in [-0.2, -0.15) is 0 Å². The largest absolute Gasteiger partial charge is 0.372 e. The number of epoxide rings is 5. The van der Waals surface area contributed by atoms with E-state index in [4.69, 9.17) is 23.7 Å². The smallest absolute Gasteiger partial charge is 0.130 e. The van der Waals surface area contributed by atoms with Crippen molar-refractivity contribution in [2.75, 3.05) is 91.9 Å². The first-order valence-corrected chi connectivity index (χ1v) is 10.6. The van der Waals surface area contributed by atoms with Crippen LogP contribution in [0.25, 0.3) is 0 Å². The maximum Gasteiger partial charge on any atom is 0.130 e. The minimum absolute atomic E-state index is 0.433. The molecule has 5 saturated heterocycles. The lowest BCUT2D eigenvalue weighted by atomic mass is 10.2. The van der Waals surface area contributed by atoms with E-state index in [1.165, 1.54) is 0 Å². The van der Waals surface area contributed by atoms with Gasteiger partial charge in [0.15, 0.2) is 0 Å². The average molecular weight is 384 g/mol. The second-order valence-corrected chi connectivity index (χ2v) is 8.89. The van der Waals surface area contributed by atoms with Gasteiger partial charge in [-0.1, -0.05) is 0 Å². The maximum atomic E-state index is 5.63. The summed E-state index contributed by atoms with van der Waals surface area (Å²) >= 11 is 0. The first kappa shape index (κ1) is 18.7. The first-order valence-electron chi connectivity index (χ1n) is 10.6. The van der Waals surface area contributed by atoms with Gasteiger partial charge in [-0.15, -0.1) is 0 Å². The quantitative estimate of drug-likeness (QED) is 0.201. The van der Waals surface area contributed by atoms with Gasteiger partial charge < -0.3 is 33.5 Å². The van der Waals surface area contributed by atoms with E-state index >= 15 is 0 Å². The molecule has 0 aromatic rings. The Morgan fingerprint density at radius 3 is 1.70 bits per heavy atom. The molecule has 0 aliphatic carbocycles. The Morgan fingerprint density at radius 2 is 1.22 bits per heavy atom. The second-order valence-electron chi connectivity index (χ2n) is 8.89. The van der Waals surface area contributed by atoms with Crippen LogP contribution >= 0.6 is 0 Å². The van der Waals surface area contributed by atoms with Crippen molar-refractivity contribution in [3.63, 3.8) is 0 Å². The average Bonchev–Trinajstić information content (AvgIpc) is 3.47. The van der Waals surface area contributed by atoms with Crippen LogP contribution in [-0.2, 0) is 23.7 Å². The van der Waals surface area contributed by atoms with Gasteiger partial charge in [-0.3, -0.25) is 4.90 Å². The molecule has 0 spiro atoms. The fourth-order valence-electron chi connectivity index (χ4n) is 4.06. The number of nitrogens with one attached hydrogen (secondary N) is 1. The van der Waals surface area contributed by atoms with E-state index in [2.05, 4.69) is 10.2 Å². The van der Waals surface area contributed by atoms with Gasteiger partial charge in [-0.25, -0.2) is 0 Å². The van der Waals surface area contributed by atoms with Crippen LogP contribution in [0.15, 0.2) is 0 Å². The summed E-state index contributed by atoms with van der Waals surface area (Å²) in [4.78, 5) is 2.55. The van der Waals surface area contributed by atoms with Crippen molar-refractivity contribution in [1.29, 1.82) is 0 Å². The third-order valence-electron chi connectivity index (χ3n) is 6.14. The molecule has 5 aliphatic heterocycles. The molecule has 8 heteroatoms. The standard InChI is InChI=1S/C19H34N3O5/c1(20-5-15-10-23-15)3-22(8-18-13-26-18,9-19-14-27-19)4-2-21(6-16-11-24-16)7-17-12-25-17/h15-20H,1-14H2/q+1. The van der Waals surface area contributed by atoms with Crippen LogP contribution in [0, 0.1) is 0 Å². The van der Waals surface area contributed by atoms with Crippen molar-refractivity contribution in [1.82, 2.24) is 10.2 Å². The maximum absolute atomic E-state index is 5.63. The molecular weight excluding hydrogens is 350 g/mol. The monoisotopic (exact) mass is 384 g/mol. The Kier molecular flexibility index (Phi) is 5.68. The van der Waals surface area contributed by atoms with Crippen LogP contribution in [0.3, 0.4) is 0 Å². The van der Waals surface area contributed by atoms with Crippen LogP contribution < -0.4 is 5.32 Å². The number of ether oxygens (including phenoxy) is 5. The molecule has 8 nitrogen and oxygen atoms in total. The molecular formula is C19H34N3O5+. The molecule has 154 valence electrons. The zero-order chi connectivity index (χ0) is 18.1. The van der Waals surface area contributed by atoms with E-state index in [0.29, 0.717) is 30.5 Å². The molecule has 5 fully saturated rings. The summed E-state index contributed by atoms with van der Waals surface area (Å²) in [5.41, 5.74) is 0. The van der Waals surface area contributed by atoms with E-state index in [-0.39, 0.29) is 0 Å². The second kappa shape index (κ2) is 8.20. The van der Waals surface area contributed by atoms with Gasteiger partial charge in [0.2, 0.25) is 0 Å². The molecule has 1 N–H and O–H groups in total. The zero-order valence-electron chi connectivity index (χ0n) is 16.2. The molecule has 5 aliphatic rings. The SMILES string of the molecule is C(C[N+](CCN(CC1CO1)CC1CO1)(CC1CO1)CC1CO1)NCC1CO1. The van der Waals surface area contributed by atoms with E-state index in [1.807, 2.05) is 0 Å². The van der Waals surface area contributed by atoms with Crippen LogP contribution in [-0.4, -0.2) is 132 Å². The Labute approximate surface area is 161 Å². The molecule has 27 heavy (non-hydrogen) atoms. The van der Waals surface area contributed by atoms with Gasteiger partial charge in [0.05, 0.1) is 64.4 Å². The van der Waals surface area contributed by atoms with E-state index in [1.54, 1.807) is 0 Å². The fourth-order valence-corrected chi connectivity index (χ4v) is 4.06. The van der Waals surface area contributed by atoms with Crippen molar-refractivity contribution in [2.24, 2.45) is 0 Å². The molecule has 0 amide bonds. The summed E-state index contributed by atoms with van der Waals surface area (Å²) in [6, 6.07) is 0. The summed E-state index contributed by atoms with van der Waals surface area (Å²) in [5.74, 6) is 0. The number of hydrogen-bond acceptors (Lipinski definition) is 7. The van der Waals surface area contributed by atoms with E-state index in [0.717, 1.165) is 96.4 Å². The molecule has 0 aromatic carbocycles. The van der Waals surface area contributed by atoms with Gasteiger partial charge in [-0.05, 0) is 0 Å². The number of hydrogen-bond donors (Lipinski definition) is 1. The summed E-state index contributed by atoms with van der Waals surface area (Å²) in [6.45, 7) is 14.2. The number of quaternary nitrogens is 1. The normalized spacial score (nSPS) is 37.9. The summed E-state index contributed by atoms with van der Waals surface area (Å²) in [6.07, 6.45) is 2.18. The first-order chi connectivity index (χ1) is 13.3. The van der Waals surface area contributed by atoms with E-state index in [9.17, 15) is 0 Å². The minimum atomic E-state index is 0.433. The van der Waals surface area contributed by atoms with Gasteiger partial charge >= 0.3 is 0 Å². The van der Waals surface area contributed by atoms with Crippen molar-refractivity contribution in [3.05, 3.63) is 0 Å². The van der Waals surface area contributed by atoms with Crippen LogP contribution in [0.2, 0.25) is 0 Å². The predicted molar refractivity (Wildman–Crippen MR) is 97.7 cm³/mol. The Morgan fingerprint density at radius 1 is 0.704 bits per heavy atom. The molecule has 5 rings (SSSR count). The molecule has 0 bridgehead atoms. The third kappa shape index (κ3) is 6.61.